The van der Waals surface area contributed by atoms with Crippen molar-refractivity contribution >= 4 is 30.3 Å². The largest absolute Gasteiger partial charge is 0.505 e. The molecule has 1 unspecified atom stereocenters. The van der Waals surface area contributed by atoms with Crippen molar-refractivity contribution < 1.29 is 24.1 Å². The van der Waals surface area contributed by atoms with E-state index in [1.807, 2.05) is 13.8 Å². The molecule has 0 fully saturated rings. The van der Waals surface area contributed by atoms with Gasteiger partial charge in [-0.15, -0.1) is 0 Å². The van der Waals surface area contributed by atoms with E-state index >= 15 is 0 Å². The number of hydrogen-bond donors (Lipinski definition) is 4. The van der Waals surface area contributed by atoms with Crippen LogP contribution in [0.15, 0.2) is 34.0 Å². The summed E-state index contributed by atoms with van der Waals surface area (Å²) in [7, 11) is -4.31. The van der Waals surface area contributed by atoms with Gasteiger partial charge in [0.2, 0.25) is 0 Å². The summed E-state index contributed by atoms with van der Waals surface area (Å²) < 4.78 is 22.9. The molecule has 160 valence electrons. The average Bonchev–Trinajstić information content (AvgIpc) is 2.65. The molecule has 0 aliphatic carbocycles. The van der Waals surface area contributed by atoms with Crippen LogP contribution in [-0.4, -0.2) is 38.1 Å². The Kier molecular flexibility index (Phi) is 5.95. The van der Waals surface area contributed by atoms with Gasteiger partial charge in [-0.3, -0.25) is 14.2 Å². The van der Waals surface area contributed by atoms with Crippen LogP contribution in [0.1, 0.15) is 25.8 Å². The van der Waals surface area contributed by atoms with Gasteiger partial charge in [0.15, 0.2) is 18.2 Å². The molecule has 0 bridgehead atoms. The van der Waals surface area contributed by atoms with E-state index in [1.54, 1.807) is 0 Å². The molecule has 1 aromatic heterocycles. The second-order valence-corrected chi connectivity index (χ2v) is 8.94. The van der Waals surface area contributed by atoms with Gasteiger partial charge in [0.05, 0.1) is 17.2 Å². The highest BCUT2D eigenvalue weighted by Gasteiger charge is 2.33. The third kappa shape index (κ3) is 4.52. The highest BCUT2D eigenvalue weighted by Crippen LogP contribution is 2.47. The number of nitrogens with zero attached hydrogens (tertiary/aromatic N) is 3. The molecule has 1 aromatic carbocycles. The first-order valence-corrected chi connectivity index (χ1v) is 10.7. The number of primary amides is 1. The normalized spacial score (nSPS) is 17.8. The SMILES string of the molecule is CC(C)CCn1ncc(O)c(C2=NP(=O)(O)c3cc(OCC(N)=O)ccc3N2)c1=O. The molecule has 1 atom stereocenters. The summed E-state index contributed by atoms with van der Waals surface area (Å²) in [5.41, 5.74) is 4.36. The molecular formula is C18H22N5O6P. The standard InChI is InChI=1S/C18H22N5O6P/c1-10(2)5-6-23-18(26)16(13(24)8-20-23)17-21-12-4-3-11(29-9-15(19)25)7-14(12)30(27,28)22-17/h3-4,7-8,10,24H,5-6,9H2,1-2H3,(H2,19,25)(H2,21,22,27,28). The summed E-state index contributed by atoms with van der Waals surface area (Å²) in [6.45, 7) is 3.93. The zero-order chi connectivity index (χ0) is 22.1. The fraction of sp³-hybridized carbons (Fsp3) is 0.333. The number of aryl methyl sites for hydroxylation is 1. The van der Waals surface area contributed by atoms with Crippen LogP contribution in [0.2, 0.25) is 0 Å². The van der Waals surface area contributed by atoms with Crippen LogP contribution in [0.3, 0.4) is 0 Å². The van der Waals surface area contributed by atoms with Crippen LogP contribution < -0.4 is 26.7 Å². The number of carbonyl (C=O) groups is 1. The summed E-state index contributed by atoms with van der Waals surface area (Å²) in [6.07, 6.45) is 1.78. The Hall–Kier alpha value is -3.17. The van der Waals surface area contributed by atoms with E-state index in [0.29, 0.717) is 18.9 Å². The number of nitrogens with one attached hydrogen (secondary N) is 1. The predicted molar refractivity (Wildman–Crippen MR) is 110 cm³/mol. The fourth-order valence-corrected chi connectivity index (χ4v) is 4.07. The van der Waals surface area contributed by atoms with Gasteiger partial charge in [0.25, 0.3) is 11.5 Å². The molecule has 0 saturated carbocycles. The highest BCUT2D eigenvalue weighted by atomic mass is 31.2. The number of carbonyl (C=O) groups excluding carboxylic acids is 1. The van der Waals surface area contributed by atoms with Gasteiger partial charge < -0.3 is 25.8 Å². The van der Waals surface area contributed by atoms with Crippen LogP contribution in [-0.2, 0) is 15.9 Å². The smallest absolute Gasteiger partial charge is 0.346 e. The Labute approximate surface area is 171 Å². The Morgan fingerprint density at radius 1 is 1.40 bits per heavy atom. The first-order chi connectivity index (χ1) is 14.1. The summed E-state index contributed by atoms with van der Waals surface area (Å²) in [6, 6.07) is 4.17. The average molecular weight is 435 g/mol. The Morgan fingerprint density at radius 2 is 2.13 bits per heavy atom. The number of ether oxygens (including phenoxy) is 1. The first-order valence-electron chi connectivity index (χ1n) is 9.13. The van der Waals surface area contributed by atoms with Gasteiger partial charge in [-0.1, -0.05) is 13.8 Å². The Balaban J connectivity index is 1.99. The molecule has 0 saturated heterocycles. The fourth-order valence-electron chi connectivity index (χ4n) is 2.80. The van der Waals surface area contributed by atoms with Crippen molar-refractivity contribution in [2.75, 3.05) is 11.9 Å². The van der Waals surface area contributed by atoms with E-state index in [2.05, 4.69) is 15.2 Å². The summed E-state index contributed by atoms with van der Waals surface area (Å²) in [5.74, 6) is -0.902. The van der Waals surface area contributed by atoms with Gasteiger partial charge in [-0.25, -0.2) is 4.68 Å². The van der Waals surface area contributed by atoms with Crippen molar-refractivity contribution in [1.29, 1.82) is 0 Å². The maximum Gasteiger partial charge on any atom is 0.346 e. The van der Waals surface area contributed by atoms with Crippen molar-refractivity contribution in [2.24, 2.45) is 16.4 Å². The molecule has 12 heteroatoms. The molecule has 5 N–H and O–H groups in total. The molecule has 11 nitrogen and oxygen atoms in total. The molecule has 30 heavy (non-hydrogen) atoms. The number of amidine groups is 1. The van der Waals surface area contributed by atoms with E-state index in [9.17, 15) is 24.2 Å². The first kappa shape index (κ1) is 21.5. The number of nitrogens with two attached hydrogens (primary N) is 1. The molecule has 2 aromatic rings. The number of amides is 1. The van der Waals surface area contributed by atoms with Gasteiger partial charge in [-0.05, 0) is 30.5 Å². The number of aromatic nitrogens is 2. The van der Waals surface area contributed by atoms with Crippen LogP contribution in [0.4, 0.5) is 5.69 Å². The van der Waals surface area contributed by atoms with Crippen molar-refractivity contribution in [3.05, 3.63) is 40.3 Å². The lowest BCUT2D eigenvalue weighted by atomic mass is 10.1. The summed E-state index contributed by atoms with van der Waals surface area (Å²) >= 11 is 0. The molecule has 0 spiro atoms. The number of benzene rings is 1. The van der Waals surface area contributed by atoms with Crippen LogP contribution in [0.25, 0.3) is 0 Å². The van der Waals surface area contributed by atoms with Gasteiger partial charge in [0, 0.05) is 6.54 Å². The zero-order valence-electron chi connectivity index (χ0n) is 16.4. The number of hydrogen-bond acceptors (Lipinski definition) is 7. The lowest BCUT2D eigenvalue weighted by molar-refractivity contribution is -0.119. The third-order valence-electron chi connectivity index (χ3n) is 4.33. The minimum Gasteiger partial charge on any atom is -0.505 e. The van der Waals surface area contributed by atoms with E-state index in [0.717, 1.165) is 6.20 Å². The van der Waals surface area contributed by atoms with Crippen molar-refractivity contribution in [1.82, 2.24) is 9.78 Å². The molecular weight excluding hydrogens is 413 g/mol. The lowest BCUT2D eigenvalue weighted by Gasteiger charge is -2.22. The monoisotopic (exact) mass is 435 g/mol. The van der Waals surface area contributed by atoms with Crippen LogP contribution >= 0.6 is 7.52 Å². The molecule has 0 radical (unpaired) electrons. The van der Waals surface area contributed by atoms with E-state index < -0.39 is 31.3 Å². The molecule has 1 aliphatic rings. The summed E-state index contributed by atoms with van der Waals surface area (Å²) in [5, 5.41) is 16.9. The van der Waals surface area contributed by atoms with Crippen LogP contribution in [0, 0.1) is 5.92 Å². The lowest BCUT2D eigenvalue weighted by Crippen LogP contribution is -2.34. The van der Waals surface area contributed by atoms with Gasteiger partial charge in [-0.2, -0.15) is 9.86 Å². The number of fused-ring (bicyclic) bond motifs is 1. The minimum absolute atomic E-state index is 0.0677. The maximum absolute atomic E-state index is 12.8. The number of anilines is 1. The molecule has 2 heterocycles. The maximum atomic E-state index is 12.8. The van der Waals surface area contributed by atoms with E-state index in [-0.39, 0.29) is 28.1 Å². The zero-order valence-corrected chi connectivity index (χ0v) is 17.3. The quantitative estimate of drug-likeness (QED) is 0.457. The minimum atomic E-state index is -4.31. The third-order valence-corrected chi connectivity index (χ3v) is 5.80. The van der Waals surface area contributed by atoms with Gasteiger partial charge in [0.1, 0.15) is 11.3 Å². The Morgan fingerprint density at radius 3 is 2.80 bits per heavy atom. The van der Waals surface area contributed by atoms with Crippen molar-refractivity contribution in [3.63, 3.8) is 0 Å². The van der Waals surface area contributed by atoms with Crippen molar-refractivity contribution in [2.45, 2.75) is 26.8 Å². The Bertz CT molecular complexity index is 1130. The molecule has 1 amide bonds. The topological polar surface area (TPSA) is 169 Å². The molecule has 1 aliphatic heterocycles. The summed E-state index contributed by atoms with van der Waals surface area (Å²) in [4.78, 5) is 34.1. The van der Waals surface area contributed by atoms with Gasteiger partial charge >= 0.3 is 7.52 Å². The second-order valence-electron chi connectivity index (χ2n) is 7.17. The number of aromatic hydroxyl groups is 1. The molecule has 3 rings (SSSR count). The number of rotatable bonds is 7. The van der Waals surface area contributed by atoms with E-state index in [1.165, 1.54) is 22.9 Å². The predicted octanol–water partition coefficient (Wildman–Crippen LogP) is 0.542. The highest BCUT2D eigenvalue weighted by molar-refractivity contribution is 7.65. The van der Waals surface area contributed by atoms with E-state index in [4.69, 9.17) is 10.5 Å². The second kappa shape index (κ2) is 8.29. The van der Waals surface area contributed by atoms with Crippen LogP contribution in [0.5, 0.6) is 11.5 Å². The van der Waals surface area contributed by atoms with Crippen molar-refractivity contribution in [3.8, 4) is 11.5 Å².